The van der Waals surface area contributed by atoms with Crippen LogP contribution in [0.3, 0.4) is 0 Å². The van der Waals surface area contributed by atoms with Gasteiger partial charge in [0.1, 0.15) is 0 Å². The molecule has 0 aliphatic heterocycles. The predicted molar refractivity (Wildman–Crippen MR) is 256 cm³/mol. The van der Waals surface area contributed by atoms with E-state index in [-0.39, 0.29) is 25.5 Å². The number of pyridine rings is 2. The fourth-order valence-electron chi connectivity index (χ4n) is 7.97. The van der Waals surface area contributed by atoms with Gasteiger partial charge >= 0.3 is 0 Å². The predicted octanol–water partition coefficient (Wildman–Crippen LogP) is 13.7. The number of rotatable bonds is 8. The molecule has 3 heterocycles. The normalized spacial score (nSPS) is 11.9. The van der Waals surface area contributed by atoms with Crippen LogP contribution in [-0.2, 0) is 32.9 Å². The monoisotopic (exact) mass is 993 g/mol. The molecular weight excluding hydrogens is 929 g/mol. The summed E-state index contributed by atoms with van der Waals surface area (Å²) >= 11 is 1.85. The molecule has 0 unspecified atom stereocenters. The molecule has 0 amide bonds. The second-order valence-electron chi connectivity index (χ2n) is 19.3. The molecule has 0 saturated heterocycles. The Kier molecular flexibility index (Phi) is 14.1. The SMILES string of the molecule is [CH2-]c1cc(C(C)C)ccc1-c1cc(CC(C)C)c([Si](C)(C)C)c[n+]1[CH2-].[CH2-]c1ccc2c(sc3ccc(-c4ccc(C)cc4)cc32)c1-c1cc(CC(C)(C)C)cc[n+]1[CH2-].[Ir]. The molecule has 0 N–H and O–H groups in total. The van der Waals surface area contributed by atoms with Gasteiger partial charge in [-0.3, -0.25) is 0 Å². The summed E-state index contributed by atoms with van der Waals surface area (Å²) in [5.41, 5.74) is 15.0. The summed E-state index contributed by atoms with van der Waals surface area (Å²) in [7, 11) is 7.18. The second-order valence-corrected chi connectivity index (χ2v) is 25.4. The molecule has 0 saturated carbocycles. The van der Waals surface area contributed by atoms with Crippen LogP contribution in [0, 0.1) is 46.2 Å². The van der Waals surface area contributed by atoms with E-state index in [9.17, 15) is 0 Å². The van der Waals surface area contributed by atoms with Crippen molar-refractivity contribution in [3.8, 4) is 33.6 Å². The topological polar surface area (TPSA) is 7.76 Å². The summed E-state index contributed by atoms with van der Waals surface area (Å²) in [5, 5.41) is 4.10. The fourth-order valence-corrected chi connectivity index (χ4v) is 10.9. The number of thiophene rings is 1. The molecule has 7 rings (SSSR count). The Labute approximate surface area is 375 Å². The molecule has 0 atom stereocenters. The van der Waals surface area contributed by atoms with Crippen LogP contribution in [0.5, 0.6) is 0 Å². The van der Waals surface area contributed by atoms with Gasteiger partial charge in [-0.15, -0.1) is 34.6 Å². The number of benzene rings is 4. The zero-order valence-corrected chi connectivity index (χ0v) is 41.6. The minimum Gasteiger partial charge on any atom is -0.343 e. The summed E-state index contributed by atoms with van der Waals surface area (Å²) in [6.07, 6.45) is 6.49. The summed E-state index contributed by atoms with van der Waals surface area (Å²) in [5.74, 6) is 1.17. The third-order valence-electron chi connectivity index (χ3n) is 11.0. The van der Waals surface area contributed by atoms with Gasteiger partial charge in [-0.25, -0.2) is 0 Å². The molecule has 0 spiro atoms. The smallest absolute Gasteiger partial charge is 0.0709 e. The Hall–Kier alpha value is -4.25. The maximum Gasteiger partial charge on any atom is 0.0709 e. The van der Waals surface area contributed by atoms with Crippen LogP contribution in [-0.4, -0.2) is 8.07 Å². The largest absolute Gasteiger partial charge is 0.343 e. The molecule has 1 radical (unpaired) electrons. The van der Waals surface area contributed by atoms with E-state index in [1.807, 2.05) is 15.9 Å². The average Bonchev–Trinajstić information content (AvgIpc) is 3.50. The zero-order chi connectivity index (χ0) is 42.3. The van der Waals surface area contributed by atoms with Gasteiger partial charge in [-0.1, -0.05) is 145 Å². The molecule has 0 aliphatic rings. The molecule has 0 aliphatic carbocycles. The standard InChI is InChI=1S/C31H30NS.C23H34NSi.Ir/c1-20-7-10-23(11-8-20)24-12-14-28-26(18-24)25-13-9-21(2)29(30(25)33-28)27-17-22(15-16-32(27)6)19-31(3,4)5;1-16(2)12-20-14-22(24(6)15-23(20)25(7,8)9)21-11-10-19(17(3)4)13-18(21)5;/h7-18H,2,6,19H2,1,3-5H3;10-11,13-17H,5-6,12H2,1-4,7-9H3;/q2*-1;. The van der Waals surface area contributed by atoms with Crippen molar-refractivity contribution < 1.29 is 29.2 Å². The second kappa shape index (κ2) is 18.2. The molecule has 59 heavy (non-hydrogen) atoms. The molecule has 5 heteroatoms. The van der Waals surface area contributed by atoms with Crippen molar-refractivity contribution in [1.82, 2.24) is 0 Å². The van der Waals surface area contributed by atoms with Crippen molar-refractivity contribution in [3.05, 3.63) is 165 Å². The average molecular weight is 993 g/mol. The molecule has 0 fully saturated rings. The van der Waals surface area contributed by atoms with Crippen LogP contribution in [0.4, 0.5) is 0 Å². The van der Waals surface area contributed by atoms with Crippen LogP contribution in [0.2, 0.25) is 19.6 Å². The third kappa shape index (κ3) is 10.6. The third-order valence-corrected chi connectivity index (χ3v) is 14.2. The van der Waals surface area contributed by atoms with E-state index in [1.54, 1.807) is 0 Å². The Balaban J connectivity index is 0.000000230. The Morgan fingerprint density at radius 2 is 1.39 bits per heavy atom. The number of aryl methyl sites for hydroxylation is 1. The van der Waals surface area contributed by atoms with E-state index in [0.717, 1.165) is 35.4 Å². The van der Waals surface area contributed by atoms with Crippen LogP contribution in [0.1, 0.15) is 87.8 Å². The van der Waals surface area contributed by atoms with Crippen molar-refractivity contribution >= 4 is 44.8 Å². The van der Waals surface area contributed by atoms with E-state index in [4.69, 9.17) is 0 Å². The van der Waals surface area contributed by atoms with Gasteiger partial charge < -0.3 is 9.13 Å². The Bertz CT molecular complexity index is 2580. The van der Waals surface area contributed by atoms with Gasteiger partial charge in [0.2, 0.25) is 0 Å². The Morgan fingerprint density at radius 3 is 2.00 bits per heavy atom. The van der Waals surface area contributed by atoms with Gasteiger partial charge in [0, 0.05) is 38.9 Å². The van der Waals surface area contributed by atoms with Gasteiger partial charge in [-0.2, -0.15) is 37.1 Å². The summed E-state index contributed by atoms with van der Waals surface area (Å²) < 4.78 is 6.62. The molecule has 311 valence electrons. The maximum atomic E-state index is 4.40. The fraction of sp³-hybridized carbons (Fsp3) is 0.296. The van der Waals surface area contributed by atoms with Crippen LogP contribution in [0.25, 0.3) is 53.8 Å². The molecule has 0 bridgehead atoms. The van der Waals surface area contributed by atoms with Crippen molar-refractivity contribution in [3.63, 3.8) is 0 Å². The Morgan fingerprint density at radius 1 is 0.712 bits per heavy atom. The first-order valence-corrected chi connectivity index (χ1v) is 25.1. The summed E-state index contributed by atoms with van der Waals surface area (Å²) in [6, 6.07) is 33.5. The van der Waals surface area contributed by atoms with Gasteiger partial charge in [0.15, 0.2) is 0 Å². The maximum absolute atomic E-state index is 4.40. The number of hydrogen-bond donors (Lipinski definition) is 0. The first kappa shape index (κ1) is 45.8. The van der Waals surface area contributed by atoms with E-state index in [2.05, 4.69) is 211 Å². The molecule has 3 aromatic heterocycles. The molecule has 4 aromatic carbocycles. The van der Waals surface area contributed by atoms with E-state index in [0.29, 0.717) is 11.8 Å². The van der Waals surface area contributed by atoms with Crippen LogP contribution in [0.15, 0.2) is 103 Å². The first-order chi connectivity index (χ1) is 27.2. The molecule has 2 nitrogen and oxygen atoms in total. The summed E-state index contributed by atoms with van der Waals surface area (Å²) in [4.78, 5) is 0. The minimum atomic E-state index is -1.41. The number of aromatic nitrogens is 2. The minimum absolute atomic E-state index is 0. The number of hydrogen-bond acceptors (Lipinski definition) is 1. The summed E-state index contributed by atoms with van der Waals surface area (Å²) in [6.45, 7) is 34.0. The van der Waals surface area contributed by atoms with Crippen LogP contribution >= 0.6 is 11.3 Å². The van der Waals surface area contributed by atoms with Gasteiger partial charge in [0.25, 0.3) is 0 Å². The number of nitrogens with zero attached hydrogens (tertiary/aromatic N) is 2. The van der Waals surface area contributed by atoms with Crippen molar-refractivity contribution in [2.75, 3.05) is 0 Å². The number of fused-ring (bicyclic) bond motifs is 3. The van der Waals surface area contributed by atoms with E-state index < -0.39 is 8.07 Å². The van der Waals surface area contributed by atoms with E-state index in [1.165, 1.54) is 69.9 Å². The molecule has 7 aromatic rings. The quantitative estimate of drug-likeness (QED) is 0.0814. The van der Waals surface area contributed by atoms with Gasteiger partial charge in [0.05, 0.1) is 31.9 Å². The van der Waals surface area contributed by atoms with Crippen molar-refractivity contribution in [1.29, 1.82) is 0 Å². The van der Waals surface area contributed by atoms with Crippen molar-refractivity contribution in [2.45, 2.75) is 93.8 Å². The van der Waals surface area contributed by atoms with E-state index >= 15 is 0 Å². The van der Waals surface area contributed by atoms with Crippen molar-refractivity contribution in [2.24, 2.45) is 11.3 Å². The van der Waals surface area contributed by atoms with Crippen LogP contribution < -0.4 is 14.3 Å². The van der Waals surface area contributed by atoms with Gasteiger partial charge in [-0.05, 0) is 80.9 Å². The zero-order valence-electron chi connectivity index (χ0n) is 37.3. The molecular formula is C54H64IrN2SSi-2. The first-order valence-electron chi connectivity index (χ1n) is 20.8.